The monoisotopic (exact) mass is 128 g/mol. The van der Waals surface area contributed by atoms with Crippen molar-refractivity contribution in [1.82, 2.24) is 4.98 Å². The largest absolute Gasteiger partial charge is 0.506 e. The summed E-state index contributed by atoms with van der Waals surface area (Å²) in [5.41, 5.74) is 0. The van der Waals surface area contributed by atoms with Gasteiger partial charge in [0, 0.05) is 6.07 Å². The van der Waals surface area contributed by atoms with Crippen LogP contribution >= 0.6 is 11.6 Å². The molecule has 0 atom stereocenters. The van der Waals surface area contributed by atoms with Crippen molar-refractivity contribution in [2.24, 2.45) is 0 Å². The van der Waals surface area contributed by atoms with Crippen LogP contribution in [0.5, 0.6) is 5.75 Å². The smallest absolute Gasteiger partial charge is 0.137 e. The second-order valence-corrected chi connectivity index (χ2v) is 1.67. The third-order valence-electron chi connectivity index (χ3n) is 0.698. The highest BCUT2D eigenvalue weighted by molar-refractivity contribution is 6.31. The summed E-state index contributed by atoms with van der Waals surface area (Å²) in [6.45, 7) is 0. The molecule has 1 rings (SSSR count). The van der Waals surface area contributed by atoms with Crippen LogP contribution < -0.4 is 0 Å². The molecule has 0 aromatic carbocycles. The van der Waals surface area contributed by atoms with Gasteiger partial charge in [0.25, 0.3) is 0 Å². The molecule has 1 radical (unpaired) electrons. The lowest BCUT2D eigenvalue weighted by Crippen LogP contribution is -1.69. The van der Waals surface area contributed by atoms with E-state index >= 15 is 0 Å². The van der Waals surface area contributed by atoms with Gasteiger partial charge in [-0.2, -0.15) is 0 Å². The fraction of sp³-hybridized carbons (Fsp3) is 0. The van der Waals surface area contributed by atoms with E-state index in [0.717, 1.165) is 0 Å². The van der Waals surface area contributed by atoms with Gasteiger partial charge < -0.3 is 5.11 Å². The lowest BCUT2D eigenvalue weighted by atomic mass is 10.5. The van der Waals surface area contributed by atoms with Gasteiger partial charge in [0.15, 0.2) is 0 Å². The number of pyridine rings is 1. The maximum absolute atomic E-state index is 8.72. The van der Waals surface area contributed by atoms with Crippen LogP contribution in [0.2, 0.25) is 5.02 Å². The predicted molar refractivity (Wildman–Crippen MR) is 29.7 cm³/mol. The van der Waals surface area contributed by atoms with Gasteiger partial charge in [-0.1, -0.05) is 11.6 Å². The van der Waals surface area contributed by atoms with E-state index in [1.54, 1.807) is 0 Å². The molecule has 0 saturated heterocycles. The molecule has 0 fully saturated rings. The minimum absolute atomic E-state index is 0.0154. The van der Waals surface area contributed by atoms with Crippen molar-refractivity contribution in [3.05, 3.63) is 23.5 Å². The molecule has 0 aliphatic rings. The van der Waals surface area contributed by atoms with E-state index < -0.39 is 0 Å². The van der Waals surface area contributed by atoms with Gasteiger partial charge >= 0.3 is 0 Å². The summed E-state index contributed by atoms with van der Waals surface area (Å²) >= 11 is 5.38. The fourth-order valence-electron chi connectivity index (χ4n) is 0.327. The summed E-state index contributed by atoms with van der Waals surface area (Å²) in [6.07, 6.45) is 3.75. The molecule has 0 bridgehead atoms. The van der Waals surface area contributed by atoms with Crippen LogP contribution in [0.4, 0.5) is 0 Å². The number of rotatable bonds is 0. The second-order valence-electron chi connectivity index (χ2n) is 1.26. The molecule has 1 aromatic rings. The molecule has 2 nitrogen and oxygen atoms in total. The Balaban J connectivity index is 3.13. The first-order valence-corrected chi connectivity index (χ1v) is 2.39. The van der Waals surface area contributed by atoms with E-state index in [-0.39, 0.29) is 10.8 Å². The zero-order valence-electron chi connectivity index (χ0n) is 3.93. The first-order chi connectivity index (χ1) is 3.80. The van der Waals surface area contributed by atoms with Crippen LogP contribution in [0.3, 0.4) is 0 Å². The molecular weight excluding hydrogens is 126 g/mol. The summed E-state index contributed by atoms with van der Waals surface area (Å²) in [7, 11) is 0. The Morgan fingerprint density at radius 3 is 2.88 bits per heavy atom. The summed E-state index contributed by atoms with van der Waals surface area (Å²) < 4.78 is 0. The average Bonchev–Trinajstić information content (AvgIpc) is 1.77. The number of aromatic nitrogens is 1. The Kier molecular flexibility index (Phi) is 1.35. The van der Waals surface area contributed by atoms with Crippen molar-refractivity contribution in [1.29, 1.82) is 0 Å². The minimum atomic E-state index is 0.0154. The molecule has 1 heterocycles. The second kappa shape index (κ2) is 2.01. The van der Waals surface area contributed by atoms with Crippen molar-refractivity contribution in [3.8, 4) is 5.75 Å². The van der Waals surface area contributed by atoms with Gasteiger partial charge in [0.2, 0.25) is 0 Å². The van der Waals surface area contributed by atoms with Gasteiger partial charge in [-0.3, -0.25) is 4.98 Å². The van der Waals surface area contributed by atoms with Gasteiger partial charge in [0.1, 0.15) is 10.8 Å². The van der Waals surface area contributed by atoms with Crippen LogP contribution in [0.1, 0.15) is 0 Å². The molecular formula is C5H3ClNO. The zero-order chi connectivity index (χ0) is 5.98. The summed E-state index contributed by atoms with van der Waals surface area (Å²) in [5, 5.41) is 8.97. The Morgan fingerprint density at radius 2 is 2.50 bits per heavy atom. The third-order valence-corrected chi connectivity index (χ3v) is 0.990. The van der Waals surface area contributed by atoms with Gasteiger partial charge in [-0.15, -0.1) is 0 Å². The number of hydrogen-bond donors (Lipinski definition) is 1. The highest BCUT2D eigenvalue weighted by Gasteiger charge is 1.91. The summed E-state index contributed by atoms with van der Waals surface area (Å²) in [4.78, 5) is 3.53. The van der Waals surface area contributed by atoms with Crippen LogP contribution in [0, 0.1) is 6.20 Å². The Bertz CT molecular complexity index is 169. The van der Waals surface area contributed by atoms with Crippen molar-refractivity contribution in [3.63, 3.8) is 0 Å². The molecule has 1 N–H and O–H groups in total. The normalized spacial score (nSPS) is 9.12. The lowest BCUT2D eigenvalue weighted by molar-refractivity contribution is 0.474. The highest BCUT2D eigenvalue weighted by atomic mass is 35.5. The molecule has 41 valence electrons. The van der Waals surface area contributed by atoms with Crippen molar-refractivity contribution in [2.75, 3.05) is 0 Å². The van der Waals surface area contributed by atoms with Crippen molar-refractivity contribution in [2.45, 2.75) is 0 Å². The Morgan fingerprint density at radius 1 is 1.75 bits per heavy atom. The molecule has 0 aliphatic carbocycles. The van der Waals surface area contributed by atoms with Crippen LogP contribution in [0.25, 0.3) is 0 Å². The number of hydrogen-bond acceptors (Lipinski definition) is 2. The number of aromatic hydroxyl groups is 1. The van der Waals surface area contributed by atoms with E-state index in [9.17, 15) is 0 Å². The first-order valence-electron chi connectivity index (χ1n) is 2.01. The average molecular weight is 129 g/mol. The number of nitrogens with zero attached hydrogens (tertiary/aromatic N) is 1. The highest BCUT2D eigenvalue weighted by Crippen LogP contribution is 2.18. The van der Waals surface area contributed by atoms with Crippen LogP contribution in [-0.2, 0) is 0 Å². The van der Waals surface area contributed by atoms with Crippen LogP contribution in [0.15, 0.2) is 12.3 Å². The zero-order valence-corrected chi connectivity index (χ0v) is 4.68. The SMILES string of the molecule is Oc1c[c]ncc1Cl. The Labute approximate surface area is 51.7 Å². The van der Waals surface area contributed by atoms with E-state index in [0.29, 0.717) is 0 Å². The van der Waals surface area contributed by atoms with E-state index in [1.165, 1.54) is 12.3 Å². The van der Waals surface area contributed by atoms with Crippen molar-refractivity contribution < 1.29 is 5.11 Å². The molecule has 8 heavy (non-hydrogen) atoms. The summed E-state index contributed by atoms with van der Waals surface area (Å²) in [6, 6.07) is 1.31. The molecule has 0 amide bonds. The maximum atomic E-state index is 8.72. The lowest BCUT2D eigenvalue weighted by Gasteiger charge is -1.88. The first kappa shape index (κ1) is 5.38. The molecule has 0 spiro atoms. The Hall–Kier alpha value is -0.760. The van der Waals surface area contributed by atoms with Gasteiger partial charge in [-0.05, 0) is 0 Å². The van der Waals surface area contributed by atoms with Crippen LogP contribution in [-0.4, -0.2) is 10.1 Å². The molecule has 0 unspecified atom stereocenters. The van der Waals surface area contributed by atoms with E-state index in [2.05, 4.69) is 11.2 Å². The number of halogens is 1. The third kappa shape index (κ3) is 0.898. The molecule has 0 saturated carbocycles. The van der Waals surface area contributed by atoms with E-state index in [4.69, 9.17) is 16.7 Å². The predicted octanol–water partition coefficient (Wildman–Crippen LogP) is 1.24. The van der Waals surface area contributed by atoms with Gasteiger partial charge in [0.05, 0.1) is 12.4 Å². The van der Waals surface area contributed by atoms with Gasteiger partial charge in [-0.25, -0.2) is 0 Å². The quantitative estimate of drug-likeness (QED) is 0.570. The fourth-order valence-corrected chi connectivity index (χ4v) is 0.431. The minimum Gasteiger partial charge on any atom is -0.506 e. The summed E-state index contributed by atoms with van der Waals surface area (Å²) in [5.74, 6) is 0.0154. The maximum Gasteiger partial charge on any atom is 0.137 e. The van der Waals surface area contributed by atoms with Crippen molar-refractivity contribution >= 4 is 11.6 Å². The van der Waals surface area contributed by atoms with E-state index in [1.807, 2.05) is 0 Å². The molecule has 0 aliphatic heterocycles. The topological polar surface area (TPSA) is 33.1 Å². The molecule has 3 heteroatoms. The molecule has 1 aromatic heterocycles. The standard InChI is InChI=1S/C5H3ClNO/c6-4-3-7-2-1-5(4)8/h1,3H,(H,7,8).